The van der Waals surface area contributed by atoms with Crippen LogP contribution in [0.4, 0.5) is 0 Å². The van der Waals surface area contributed by atoms with Crippen molar-refractivity contribution in [2.75, 3.05) is 7.11 Å². The zero-order valence-corrected chi connectivity index (χ0v) is 17.1. The summed E-state index contributed by atoms with van der Waals surface area (Å²) >= 11 is 13.9. The first kappa shape index (κ1) is 20.1. The summed E-state index contributed by atoms with van der Waals surface area (Å²) in [4.78, 5) is 17.2. The summed E-state index contributed by atoms with van der Waals surface area (Å²) in [5.41, 5.74) is 1.02. The van der Waals surface area contributed by atoms with Gasteiger partial charge >= 0.3 is 5.97 Å². The zero-order chi connectivity index (χ0) is 18.6. The van der Waals surface area contributed by atoms with Gasteiger partial charge in [-0.3, -0.25) is 4.79 Å². The van der Waals surface area contributed by atoms with Gasteiger partial charge in [-0.05, 0) is 31.0 Å². The van der Waals surface area contributed by atoms with Crippen molar-refractivity contribution in [2.45, 2.75) is 56.0 Å². The standard InChI is InChI=1S/C18H22Cl2N2O2S/c1-5-22-15(6-7-16(23)24-4)21-17(11(2)3)18(22)25-14-9-12(19)8-13(20)10-14/h8-11H,5-7H2,1-4H3. The average molecular weight is 401 g/mol. The SMILES string of the molecule is CCn1c(CCC(=O)OC)nc(C(C)C)c1Sc1cc(Cl)cc(Cl)c1. The number of aromatic nitrogens is 2. The topological polar surface area (TPSA) is 44.1 Å². The third-order valence-electron chi connectivity index (χ3n) is 3.72. The molecule has 0 spiro atoms. The predicted octanol–water partition coefficient (Wildman–Crippen LogP) is 5.59. The summed E-state index contributed by atoms with van der Waals surface area (Å²) < 4.78 is 6.89. The molecule has 1 heterocycles. The summed E-state index contributed by atoms with van der Waals surface area (Å²) in [5.74, 6) is 0.932. The molecule has 0 radical (unpaired) electrons. The Hall–Kier alpha value is -1.17. The Morgan fingerprint density at radius 2 is 1.92 bits per heavy atom. The molecule has 1 aromatic carbocycles. The summed E-state index contributed by atoms with van der Waals surface area (Å²) in [6.45, 7) is 7.07. The maximum absolute atomic E-state index is 11.5. The molecule has 0 saturated carbocycles. The molecule has 1 aromatic heterocycles. The number of hydrogen-bond acceptors (Lipinski definition) is 4. The van der Waals surface area contributed by atoms with Gasteiger partial charge < -0.3 is 9.30 Å². The molecule has 0 aliphatic rings. The van der Waals surface area contributed by atoms with Crippen LogP contribution in [0.1, 0.15) is 44.6 Å². The van der Waals surface area contributed by atoms with Crippen LogP contribution in [-0.4, -0.2) is 22.6 Å². The van der Waals surface area contributed by atoms with Crippen LogP contribution in [-0.2, 0) is 22.5 Å². The van der Waals surface area contributed by atoms with Crippen LogP contribution in [0.25, 0.3) is 0 Å². The number of carbonyl (C=O) groups excluding carboxylic acids is 1. The molecule has 0 saturated heterocycles. The Morgan fingerprint density at radius 1 is 1.28 bits per heavy atom. The van der Waals surface area contributed by atoms with Crippen molar-refractivity contribution in [3.05, 3.63) is 39.8 Å². The van der Waals surface area contributed by atoms with E-state index in [9.17, 15) is 4.79 Å². The van der Waals surface area contributed by atoms with Crippen LogP contribution in [0.15, 0.2) is 28.1 Å². The van der Waals surface area contributed by atoms with Crippen molar-refractivity contribution in [1.82, 2.24) is 9.55 Å². The highest BCUT2D eigenvalue weighted by Crippen LogP contribution is 2.37. The van der Waals surface area contributed by atoms with Crippen LogP contribution in [0.2, 0.25) is 10.0 Å². The van der Waals surface area contributed by atoms with Crippen molar-refractivity contribution in [2.24, 2.45) is 0 Å². The van der Waals surface area contributed by atoms with Gasteiger partial charge in [-0.1, -0.05) is 48.8 Å². The van der Waals surface area contributed by atoms with E-state index < -0.39 is 0 Å². The Labute approximate surface area is 162 Å². The van der Waals surface area contributed by atoms with Crippen LogP contribution in [0.5, 0.6) is 0 Å². The fourth-order valence-electron chi connectivity index (χ4n) is 2.52. The van der Waals surface area contributed by atoms with Gasteiger partial charge in [-0.2, -0.15) is 0 Å². The molecule has 0 N–H and O–H groups in total. The third-order valence-corrected chi connectivity index (χ3v) is 5.25. The number of benzene rings is 1. The first-order chi connectivity index (χ1) is 11.8. The highest BCUT2D eigenvalue weighted by atomic mass is 35.5. The van der Waals surface area contributed by atoms with Gasteiger partial charge in [0.05, 0.1) is 19.2 Å². The van der Waals surface area contributed by atoms with E-state index >= 15 is 0 Å². The van der Waals surface area contributed by atoms with E-state index in [0.717, 1.165) is 28.0 Å². The molecule has 25 heavy (non-hydrogen) atoms. The quantitative estimate of drug-likeness (QED) is 0.568. The molecule has 0 aliphatic carbocycles. The first-order valence-corrected chi connectivity index (χ1v) is 9.73. The lowest BCUT2D eigenvalue weighted by Gasteiger charge is -2.11. The summed E-state index contributed by atoms with van der Waals surface area (Å²) in [5, 5.41) is 2.28. The fourth-order valence-corrected chi connectivity index (χ4v) is 4.50. The van der Waals surface area contributed by atoms with Crippen LogP contribution in [0.3, 0.4) is 0 Å². The Morgan fingerprint density at radius 3 is 2.44 bits per heavy atom. The molecule has 0 bridgehead atoms. The van der Waals surface area contributed by atoms with Crippen LogP contribution in [0, 0.1) is 0 Å². The molecule has 4 nitrogen and oxygen atoms in total. The molecule has 0 unspecified atom stereocenters. The average Bonchev–Trinajstić information content (AvgIpc) is 2.89. The second-order valence-corrected chi connectivity index (χ2v) is 7.84. The van der Waals surface area contributed by atoms with Crippen molar-refractivity contribution < 1.29 is 9.53 Å². The number of esters is 1. The van der Waals surface area contributed by atoms with Gasteiger partial charge in [-0.25, -0.2) is 4.98 Å². The first-order valence-electron chi connectivity index (χ1n) is 8.15. The minimum absolute atomic E-state index is 0.229. The van der Waals surface area contributed by atoms with Crippen molar-refractivity contribution in [1.29, 1.82) is 0 Å². The van der Waals surface area contributed by atoms with Gasteiger partial charge in [-0.15, -0.1) is 0 Å². The van der Waals surface area contributed by atoms with E-state index in [-0.39, 0.29) is 11.9 Å². The van der Waals surface area contributed by atoms with E-state index in [4.69, 9.17) is 32.9 Å². The largest absolute Gasteiger partial charge is 0.469 e. The Kier molecular flexibility index (Phi) is 7.23. The number of methoxy groups -OCH3 is 1. The lowest BCUT2D eigenvalue weighted by Crippen LogP contribution is -2.07. The van der Waals surface area contributed by atoms with Crippen molar-refractivity contribution in [3.63, 3.8) is 0 Å². The number of aryl methyl sites for hydroxylation is 1. The van der Waals surface area contributed by atoms with Gasteiger partial charge in [0.2, 0.25) is 0 Å². The second kappa shape index (κ2) is 8.97. The molecule has 2 aromatic rings. The Bertz CT molecular complexity index is 740. The number of halogens is 2. The molecule has 136 valence electrons. The monoisotopic (exact) mass is 400 g/mol. The summed E-state index contributed by atoms with van der Waals surface area (Å²) in [6.07, 6.45) is 0.870. The molecular formula is C18H22Cl2N2O2S. The van der Waals surface area contributed by atoms with E-state index in [1.807, 2.05) is 12.1 Å². The Balaban J connectivity index is 2.40. The highest BCUT2D eigenvalue weighted by molar-refractivity contribution is 7.99. The fraction of sp³-hybridized carbons (Fsp3) is 0.444. The number of nitrogens with zero attached hydrogens (tertiary/aromatic N) is 2. The summed E-state index contributed by atoms with van der Waals surface area (Å²) in [6, 6.07) is 5.50. The number of hydrogen-bond donors (Lipinski definition) is 0. The predicted molar refractivity (Wildman–Crippen MR) is 103 cm³/mol. The van der Waals surface area contributed by atoms with Gasteiger partial charge in [0.25, 0.3) is 0 Å². The van der Waals surface area contributed by atoms with Gasteiger partial charge in [0.1, 0.15) is 10.9 Å². The number of imidazole rings is 1. The van der Waals surface area contributed by atoms with Crippen molar-refractivity contribution in [3.8, 4) is 0 Å². The molecule has 0 aliphatic heterocycles. The minimum Gasteiger partial charge on any atom is -0.469 e. The summed E-state index contributed by atoms with van der Waals surface area (Å²) in [7, 11) is 1.40. The van der Waals surface area contributed by atoms with E-state index in [1.165, 1.54) is 7.11 Å². The zero-order valence-electron chi connectivity index (χ0n) is 14.8. The molecule has 7 heteroatoms. The van der Waals surface area contributed by atoms with Gasteiger partial charge in [0, 0.05) is 27.9 Å². The van der Waals surface area contributed by atoms with Crippen LogP contribution < -0.4 is 0 Å². The molecule has 0 atom stereocenters. The molecule has 0 amide bonds. The highest BCUT2D eigenvalue weighted by Gasteiger charge is 2.20. The van der Waals surface area contributed by atoms with E-state index in [0.29, 0.717) is 22.9 Å². The number of ether oxygens (including phenoxy) is 1. The number of rotatable bonds is 7. The smallest absolute Gasteiger partial charge is 0.305 e. The third kappa shape index (κ3) is 5.16. The van der Waals surface area contributed by atoms with Crippen molar-refractivity contribution >= 4 is 40.9 Å². The minimum atomic E-state index is -0.229. The molecule has 2 rings (SSSR count). The second-order valence-electron chi connectivity index (χ2n) is 5.90. The molecular weight excluding hydrogens is 379 g/mol. The lowest BCUT2D eigenvalue weighted by molar-refractivity contribution is -0.140. The number of carbonyl (C=O) groups is 1. The van der Waals surface area contributed by atoms with E-state index in [1.54, 1.807) is 17.8 Å². The molecule has 0 fully saturated rings. The van der Waals surface area contributed by atoms with E-state index in [2.05, 4.69) is 25.3 Å². The van der Waals surface area contributed by atoms with Crippen LogP contribution >= 0.6 is 35.0 Å². The normalized spacial score (nSPS) is 11.2. The maximum atomic E-state index is 11.5. The maximum Gasteiger partial charge on any atom is 0.305 e. The van der Waals surface area contributed by atoms with Gasteiger partial charge in [0.15, 0.2) is 0 Å². The lowest BCUT2D eigenvalue weighted by atomic mass is 10.1.